The Labute approximate surface area is 171 Å². The molecule has 1 aromatic rings. The van der Waals surface area contributed by atoms with Crippen molar-refractivity contribution >= 4 is 23.2 Å². The minimum Gasteiger partial charge on any atom is -0.341 e. The van der Waals surface area contributed by atoms with Crippen LogP contribution in [0.3, 0.4) is 0 Å². The standard InChI is InChI=1S/C21H32N4O2S/c1-16-18(28-17(2)22-16)14-23-10-5-7-21(9-13-23)8-6-19(26)25(21)15-20(27)24-11-3-4-12-24/h3-15H2,1-2H3/t21-/m1/s1. The monoisotopic (exact) mass is 404 g/mol. The molecule has 154 valence electrons. The van der Waals surface area contributed by atoms with Crippen LogP contribution in [-0.4, -0.2) is 69.8 Å². The number of aryl methyl sites for hydroxylation is 2. The maximum Gasteiger partial charge on any atom is 0.242 e. The number of likely N-dealkylation sites (tertiary alicyclic amines) is 3. The summed E-state index contributed by atoms with van der Waals surface area (Å²) < 4.78 is 0. The molecule has 6 nitrogen and oxygen atoms in total. The van der Waals surface area contributed by atoms with Crippen molar-refractivity contribution < 1.29 is 9.59 Å². The minimum atomic E-state index is -0.111. The molecule has 0 saturated carbocycles. The molecular weight excluding hydrogens is 372 g/mol. The van der Waals surface area contributed by atoms with Gasteiger partial charge in [0, 0.05) is 43.0 Å². The van der Waals surface area contributed by atoms with Crippen LogP contribution in [0.4, 0.5) is 0 Å². The van der Waals surface area contributed by atoms with Crippen molar-refractivity contribution in [3.63, 3.8) is 0 Å². The maximum absolute atomic E-state index is 12.7. The molecule has 4 heterocycles. The highest BCUT2D eigenvalue weighted by molar-refractivity contribution is 7.11. The van der Waals surface area contributed by atoms with Gasteiger partial charge in [-0.1, -0.05) is 0 Å². The number of aromatic nitrogens is 1. The predicted octanol–water partition coefficient (Wildman–Crippen LogP) is 2.73. The van der Waals surface area contributed by atoms with Gasteiger partial charge in [-0.2, -0.15) is 0 Å². The van der Waals surface area contributed by atoms with Crippen molar-refractivity contribution in [2.24, 2.45) is 0 Å². The maximum atomic E-state index is 12.7. The molecule has 4 rings (SSSR count). The zero-order chi connectivity index (χ0) is 19.7. The van der Waals surface area contributed by atoms with Gasteiger partial charge in [-0.25, -0.2) is 4.98 Å². The molecule has 1 atom stereocenters. The fourth-order valence-corrected chi connectivity index (χ4v) is 6.15. The second kappa shape index (κ2) is 8.11. The van der Waals surface area contributed by atoms with Gasteiger partial charge in [0.2, 0.25) is 11.8 Å². The number of hydrogen-bond donors (Lipinski definition) is 0. The van der Waals surface area contributed by atoms with E-state index in [9.17, 15) is 9.59 Å². The average Bonchev–Trinajstić information content (AvgIpc) is 3.32. The van der Waals surface area contributed by atoms with E-state index in [0.29, 0.717) is 6.42 Å². The number of amides is 2. The Morgan fingerprint density at radius 1 is 1.07 bits per heavy atom. The van der Waals surface area contributed by atoms with Gasteiger partial charge in [0.1, 0.15) is 6.54 Å². The SMILES string of the molecule is Cc1nc(C)c(CN2CCC[C@@]3(CCC(=O)N3CC(=O)N3CCCC3)CC2)s1. The predicted molar refractivity (Wildman–Crippen MR) is 110 cm³/mol. The summed E-state index contributed by atoms with van der Waals surface area (Å²) in [6.07, 6.45) is 6.77. The topological polar surface area (TPSA) is 56.8 Å². The van der Waals surface area contributed by atoms with E-state index < -0.39 is 0 Å². The molecule has 0 aliphatic carbocycles. The molecule has 28 heavy (non-hydrogen) atoms. The second-order valence-corrected chi connectivity index (χ2v) is 9.95. The molecule has 3 aliphatic heterocycles. The van der Waals surface area contributed by atoms with Gasteiger partial charge in [-0.05, 0) is 58.9 Å². The van der Waals surface area contributed by atoms with Gasteiger partial charge in [0.15, 0.2) is 0 Å². The third-order valence-electron chi connectivity index (χ3n) is 6.81. The highest BCUT2D eigenvalue weighted by Crippen LogP contribution is 2.39. The summed E-state index contributed by atoms with van der Waals surface area (Å²) in [5, 5.41) is 1.13. The average molecular weight is 405 g/mol. The molecule has 3 fully saturated rings. The normalized spacial score (nSPS) is 26.4. The number of rotatable bonds is 4. The van der Waals surface area contributed by atoms with Crippen LogP contribution < -0.4 is 0 Å². The lowest BCUT2D eigenvalue weighted by molar-refractivity contribution is -0.141. The van der Waals surface area contributed by atoms with E-state index in [1.807, 2.05) is 9.80 Å². The van der Waals surface area contributed by atoms with E-state index in [2.05, 4.69) is 23.7 Å². The number of thiazole rings is 1. The lowest BCUT2D eigenvalue weighted by atomic mass is 9.87. The molecule has 3 saturated heterocycles. The summed E-state index contributed by atoms with van der Waals surface area (Å²) in [4.78, 5) is 37.7. The highest BCUT2D eigenvalue weighted by Gasteiger charge is 2.46. The lowest BCUT2D eigenvalue weighted by Gasteiger charge is -2.38. The highest BCUT2D eigenvalue weighted by atomic mass is 32.1. The van der Waals surface area contributed by atoms with E-state index in [1.165, 1.54) is 4.88 Å². The smallest absolute Gasteiger partial charge is 0.242 e. The van der Waals surface area contributed by atoms with Crippen molar-refractivity contribution in [2.75, 3.05) is 32.7 Å². The van der Waals surface area contributed by atoms with Crippen LogP contribution in [0.5, 0.6) is 0 Å². The molecule has 0 aromatic carbocycles. The number of hydrogen-bond acceptors (Lipinski definition) is 5. The van der Waals surface area contributed by atoms with Crippen LogP contribution in [-0.2, 0) is 16.1 Å². The van der Waals surface area contributed by atoms with Crippen molar-refractivity contribution in [3.8, 4) is 0 Å². The lowest BCUT2D eigenvalue weighted by Crippen LogP contribution is -2.51. The number of carbonyl (C=O) groups excluding carboxylic acids is 2. The van der Waals surface area contributed by atoms with Gasteiger partial charge >= 0.3 is 0 Å². The molecule has 0 bridgehead atoms. The Bertz CT molecular complexity index is 743. The van der Waals surface area contributed by atoms with Crippen molar-refractivity contribution in [1.29, 1.82) is 0 Å². The fraction of sp³-hybridized carbons (Fsp3) is 0.762. The van der Waals surface area contributed by atoms with Gasteiger partial charge < -0.3 is 9.80 Å². The van der Waals surface area contributed by atoms with Crippen molar-refractivity contribution in [1.82, 2.24) is 19.7 Å². The van der Waals surface area contributed by atoms with Crippen LogP contribution >= 0.6 is 11.3 Å². The first-order valence-electron chi connectivity index (χ1n) is 10.7. The first kappa shape index (κ1) is 19.8. The summed E-state index contributed by atoms with van der Waals surface area (Å²) in [6, 6.07) is 0. The van der Waals surface area contributed by atoms with Crippen LogP contribution in [0.15, 0.2) is 0 Å². The van der Waals surface area contributed by atoms with E-state index in [0.717, 1.165) is 82.0 Å². The van der Waals surface area contributed by atoms with E-state index in [4.69, 9.17) is 0 Å². The van der Waals surface area contributed by atoms with Gasteiger partial charge in [-0.15, -0.1) is 11.3 Å². The Balaban J connectivity index is 1.42. The summed E-state index contributed by atoms with van der Waals surface area (Å²) in [5.41, 5.74) is 1.04. The second-order valence-electron chi connectivity index (χ2n) is 8.66. The summed E-state index contributed by atoms with van der Waals surface area (Å²) in [6.45, 7) is 9.15. The van der Waals surface area contributed by atoms with Crippen LogP contribution in [0.2, 0.25) is 0 Å². The number of nitrogens with zero attached hydrogens (tertiary/aromatic N) is 4. The Hall–Kier alpha value is -1.47. The molecule has 1 spiro atoms. The molecule has 0 N–H and O–H groups in total. The summed E-state index contributed by atoms with van der Waals surface area (Å²) >= 11 is 1.79. The molecule has 3 aliphatic rings. The molecule has 0 radical (unpaired) electrons. The van der Waals surface area contributed by atoms with Gasteiger partial charge in [-0.3, -0.25) is 14.5 Å². The van der Waals surface area contributed by atoms with E-state index in [1.54, 1.807) is 11.3 Å². The van der Waals surface area contributed by atoms with Crippen LogP contribution in [0, 0.1) is 13.8 Å². The first-order valence-corrected chi connectivity index (χ1v) is 11.5. The molecule has 2 amide bonds. The third-order valence-corrected chi connectivity index (χ3v) is 7.86. The van der Waals surface area contributed by atoms with Crippen molar-refractivity contribution in [3.05, 3.63) is 15.6 Å². The Kier molecular flexibility index (Phi) is 5.74. The quantitative estimate of drug-likeness (QED) is 0.774. The first-order chi connectivity index (χ1) is 13.5. The fourth-order valence-electron chi connectivity index (χ4n) is 5.17. The van der Waals surface area contributed by atoms with E-state index >= 15 is 0 Å². The Morgan fingerprint density at radius 2 is 1.86 bits per heavy atom. The summed E-state index contributed by atoms with van der Waals surface area (Å²) in [5.74, 6) is 0.318. The molecule has 1 aromatic heterocycles. The number of carbonyl (C=O) groups is 2. The zero-order valence-corrected chi connectivity index (χ0v) is 18.0. The van der Waals surface area contributed by atoms with Gasteiger partial charge in [0.25, 0.3) is 0 Å². The Morgan fingerprint density at radius 3 is 2.57 bits per heavy atom. The van der Waals surface area contributed by atoms with Crippen LogP contribution in [0.25, 0.3) is 0 Å². The molecule has 0 unspecified atom stereocenters. The third kappa shape index (κ3) is 3.96. The van der Waals surface area contributed by atoms with Crippen molar-refractivity contribution in [2.45, 2.75) is 70.9 Å². The van der Waals surface area contributed by atoms with Gasteiger partial charge in [0.05, 0.1) is 10.7 Å². The summed E-state index contributed by atoms with van der Waals surface area (Å²) in [7, 11) is 0. The molecular formula is C21H32N4O2S. The minimum absolute atomic E-state index is 0.111. The molecule has 7 heteroatoms. The van der Waals surface area contributed by atoms with E-state index in [-0.39, 0.29) is 23.9 Å². The van der Waals surface area contributed by atoms with Crippen LogP contribution in [0.1, 0.15) is 60.5 Å². The largest absolute Gasteiger partial charge is 0.341 e. The zero-order valence-electron chi connectivity index (χ0n) is 17.2.